The average Bonchev–Trinajstić information content (AvgIpc) is 2.65. The van der Waals surface area contributed by atoms with Gasteiger partial charge < -0.3 is 15.0 Å². The van der Waals surface area contributed by atoms with Gasteiger partial charge in [0.25, 0.3) is 5.91 Å². The highest BCUT2D eigenvalue weighted by Crippen LogP contribution is 2.25. The Morgan fingerprint density at radius 3 is 2.34 bits per heavy atom. The number of ether oxygens (including phenoxy) is 1. The smallest absolute Gasteiger partial charge is 0.340 e. The zero-order valence-electron chi connectivity index (χ0n) is 16.0. The predicted octanol–water partition coefficient (Wildman–Crippen LogP) is 4.00. The fourth-order valence-corrected chi connectivity index (χ4v) is 2.95. The van der Waals surface area contributed by atoms with E-state index >= 15 is 0 Å². The van der Waals surface area contributed by atoms with Crippen LogP contribution in [-0.2, 0) is 14.3 Å². The Labute approximate surface area is 177 Å². The summed E-state index contributed by atoms with van der Waals surface area (Å²) in [4.78, 5) is 37.5. The Kier molecular flexibility index (Phi) is 7.59. The van der Waals surface area contributed by atoms with E-state index < -0.39 is 30.2 Å². The summed E-state index contributed by atoms with van der Waals surface area (Å²) >= 11 is 11.4. The average molecular weight is 441 g/mol. The van der Waals surface area contributed by atoms with Crippen molar-refractivity contribution in [3.05, 3.63) is 62.9 Å². The molecular weight excluding hydrogens is 422 g/mol. The van der Waals surface area contributed by atoms with Gasteiger partial charge in [-0.05, 0) is 37.1 Å². The van der Waals surface area contributed by atoms with Gasteiger partial charge in [0.15, 0.2) is 6.61 Å². The first-order valence-electron chi connectivity index (χ1n) is 8.51. The Morgan fingerprint density at radius 1 is 1.10 bits per heavy atom. The van der Waals surface area contributed by atoms with E-state index in [-0.39, 0.29) is 22.2 Å². The van der Waals surface area contributed by atoms with Gasteiger partial charge in [0.05, 0.1) is 22.2 Å². The quantitative estimate of drug-likeness (QED) is 0.543. The summed E-state index contributed by atoms with van der Waals surface area (Å²) in [5, 5.41) is 2.42. The van der Waals surface area contributed by atoms with Gasteiger partial charge in [-0.25, -0.2) is 9.18 Å². The van der Waals surface area contributed by atoms with Crippen LogP contribution < -0.4 is 5.32 Å². The van der Waals surface area contributed by atoms with E-state index in [2.05, 4.69) is 5.32 Å². The lowest BCUT2D eigenvalue weighted by Gasteiger charge is -2.18. The molecule has 0 aliphatic carbocycles. The lowest BCUT2D eigenvalue weighted by molar-refractivity contribution is -0.136. The van der Waals surface area contributed by atoms with Gasteiger partial charge in [0, 0.05) is 12.7 Å². The number of nitrogens with one attached hydrogen (secondary N) is 1. The first kappa shape index (κ1) is 22.6. The number of anilines is 1. The number of rotatable bonds is 6. The van der Waals surface area contributed by atoms with Crippen molar-refractivity contribution in [2.75, 3.05) is 25.5 Å². The standard InChI is InChI=1S/C20H19Cl2FN2O4/c1-11-5-4-6-12(2)19(11)24-17(26)9-25(3)18(27)10-29-20(28)13-7-16(23)15(22)8-14(13)21/h4-8H,9-10H2,1-3H3,(H,24,26). The van der Waals surface area contributed by atoms with Crippen LogP contribution in [0.2, 0.25) is 10.0 Å². The van der Waals surface area contributed by atoms with E-state index in [0.717, 1.165) is 28.2 Å². The molecule has 0 atom stereocenters. The lowest BCUT2D eigenvalue weighted by atomic mass is 10.1. The number of carbonyl (C=O) groups excluding carboxylic acids is 3. The van der Waals surface area contributed by atoms with Crippen LogP contribution in [0, 0.1) is 19.7 Å². The number of hydrogen-bond donors (Lipinski definition) is 1. The molecule has 2 rings (SSSR count). The molecule has 0 saturated carbocycles. The normalized spacial score (nSPS) is 10.4. The molecule has 0 radical (unpaired) electrons. The monoisotopic (exact) mass is 440 g/mol. The summed E-state index contributed by atoms with van der Waals surface area (Å²) < 4.78 is 18.4. The molecule has 0 aliphatic rings. The van der Waals surface area contributed by atoms with E-state index in [1.807, 2.05) is 32.0 Å². The fourth-order valence-electron chi connectivity index (χ4n) is 2.49. The van der Waals surface area contributed by atoms with E-state index in [0.29, 0.717) is 5.69 Å². The third kappa shape index (κ3) is 5.92. The highest BCUT2D eigenvalue weighted by Gasteiger charge is 2.19. The van der Waals surface area contributed by atoms with Crippen LogP contribution in [-0.4, -0.2) is 42.9 Å². The van der Waals surface area contributed by atoms with Crippen molar-refractivity contribution in [3.8, 4) is 0 Å². The van der Waals surface area contributed by atoms with Crippen LogP contribution in [0.25, 0.3) is 0 Å². The van der Waals surface area contributed by atoms with Crippen molar-refractivity contribution in [2.45, 2.75) is 13.8 Å². The first-order chi connectivity index (χ1) is 13.6. The van der Waals surface area contributed by atoms with Gasteiger partial charge in [-0.1, -0.05) is 41.4 Å². The van der Waals surface area contributed by atoms with Crippen molar-refractivity contribution in [3.63, 3.8) is 0 Å². The van der Waals surface area contributed by atoms with Crippen LogP contribution in [0.4, 0.5) is 10.1 Å². The molecule has 1 N–H and O–H groups in total. The largest absolute Gasteiger partial charge is 0.452 e. The van der Waals surface area contributed by atoms with Gasteiger partial charge in [0.2, 0.25) is 5.91 Å². The maximum absolute atomic E-state index is 13.5. The Bertz CT molecular complexity index is 945. The lowest BCUT2D eigenvalue weighted by Crippen LogP contribution is -2.37. The second-order valence-electron chi connectivity index (χ2n) is 6.39. The second-order valence-corrected chi connectivity index (χ2v) is 7.20. The summed E-state index contributed by atoms with van der Waals surface area (Å²) in [5.41, 5.74) is 2.22. The fraction of sp³-hybridized carbons (Fsp3) is 0.250. The number of likely N-dealkylation sites (N-methyl/N-ethyl adjacent to an activating group) is 1. The number of benzene rings is 2. The van der Waals surface area contributed by atoms with Gasteiger partial charge in [-0.2, -0.15) is 0 Å². The van der Waals surface area contributed by atoms with E-state index in [1.54, 1.807) is 0 Å². The minimum absolute atomic E-state index is 0.102. The van der Waals surface area contributed by atoms with E-state index in [1.165, 1.54) is 7.05 Å². The highest BCUT2D eigenvalue weighted by atomic mass is 35.5. The number of para-hydroxylation sites is 1. The molecule has 2 amide bonds. The predicted molar refractivity (Wildman–Crippen MR) is 109 cm³/mol. The molecule has 154 valence electrons. The summed E-state index contributed by atoms with van der Waals surface area (Å²) in [6.45, 7) is 2.86. The van der Waals surface area contributed by atoms with Gasteiger partial charge >= 0.3 is 5.97 Å². The van der Waals surface area contributed by atoms with Crippen molar-refractivity contribution in [2.24, 2.45) is 0 Å². The second kappa shape index (κ2) is 9.71. The Morgan fingerprint density at radius 2 is 1.72 bits per heavy atom. The summed E-state index contributed by atoms with van der Waals surface area (Å²) in [6.07, 6.45) is 0. The zero-order valence-corrected chi connectivity index (χ0v) is 17.5. The maximum Gasteiger partial charge on any atom is 0.340 e. The molecule has 2 aromatic carbocycles. The number of esters is 1. The van der Waals surface area contributed by atoms with Gasteiger partial charge in [-0.15, -0.1) is 0 Å². The van der Waals surface area contributed by atoms with E-state index in [9.17, 15) is 18.8 Å². The summed E-state index contributed by atoms with van der Waals surface area (Å²) in [7, 11) is 1.40. The molecule has 6 nitrogen and oxygen atoms in total. The number of hydrogen-bond acceptors (Lipinski definition) is 4. The number of aryl methyl sites for hydroxylation is 2. The maximum atomic E-state index is 13.5. The van der Waals surface area contributed by atoms with Gasteiger partial charge in [-0.3, -0.25) is 9.59 Å². The molecule has 0 aliphatic heterocycles. The molecule has 0 fully saturated rings. The van der Waals surface area contributed by atoms with Crippen molar-refractivity contribution >= 4 is 46.7 Å². The molecule has 29 heavy (non-hydrogen) atoms. The SMILES string of the molecule is Cc1cccc(C)c1NC(=O)CN(C)C(=O)COC(=O)c1cc(F)c(Cl)cc1Cl. The summed E-state index contributed by atoms with van der Waals surface area (Å²) in [5.74, 6) is -2.82. The number of carbonyl (C=O) groups is 3. The molecule has 2 aromatic rings. The Hall–Kier alpha value is -2.64. The minimum Gasteiger partial charge on any atom is -0.452 e. The molecule has 0 aromatic heterocycles. The molecule has 9 heteroatoms. The molecule has 0 saturated heterocycles. The van der Waals surface area contributed by atoms with Gasteiger partial charge in [0.1, 0.15) is 5.82 Å². The molecular formula is C20H19Cl2FN2O4. The number of amides is 2. The summed E-state index contributed by atoms with van der Waals surface area (Å²) in [6, 6.07) is 7.51. The number of halogens is 3. The first-order valence-corrected chi connectivity index (χ1v) is 9.27. The Balaban J connectivity index is 1.91. The van der Waals surface area contributed by atoms with Crippen LogP contribution in [0.5, 0.6) is 0 Å². The molecule has 0 unspecified atom stereocenters. The third-order valence-electron chi connectivity index (χ3n) is 4.11. The van der Waals surface area contributed by atoms with Crippen LogP contribution in [0.1, 0.15) is 21.5 Å². The molecule has 0 heterocycles. The highest BCUT2D eigenvalue weighted by molar-refractivity contribution is 6.36. The minimum atomic E-state index is -0.979. The van der Waals surface area contributed by atoms with Crippen molar-refractivity contribution in [1.82, 2.24) is 4.90 Å². The topological polar surface area (TPSA) is 75.7 Å². The third-order valence-corrected chi connectivity index (χ3v) is 4.71. The van der Waals surface area contributed by atoms with Crippen molar-refractivity contribution < 1.29 is 23.5 Å². The van der Waals surface area contributed by atoms with Crippen LogP contribution in [0.15, 0.2) is 30.3 Å². The van der Waals surface area contributed by atoms with Crippen LogP contribution in [0.3, 0.4) is 0 Å². The zero-order chi connectivity index (χ0) is 21.7. The number of nitrogens with zero attached hydrogens (tertiary/aromatic N) is 1. The van der Waals surface area contributed by atoms with Crippen molar-refractivity contribution in [1.29, 1.82) is 0 Å². The van der Waals surface area contributed by atoms with Crippen LogP contribution >= 0.6 is 23.2 Å². The molecule has 0 spiro atoms. The van der Waals surface area contributed by atoms with E-state index in [4.69, 9.17) is 27.9 Å². The molecule has 0 bridgehead atoms.